The summed E-state index contributed by atoms with van der Waals surface area (Å²) in [5, 5.41) is 25.2. The van der Waals surface area contributed by atoms with Crippen molar-refractivity contribution in [3.8, 4) is 0 Å². The van der Waals surface area contributed by atoms with Crippen molar-refractivity contribution in [2.24, 2.45) is 0 Å². The molecule has 0 spiro atoms. The lowest BCUT2D eigenvalue weighted by molar-refractivity contribution is -0.385. The number of anilines is 2. The number of nitrogens with zero attached hydrogens (tertiary/aromatic N) is 1. The fourth-order valence-corrected chi connectivity index (χ4v) is 2.14. The summed E-state index contributed by atoms with van der Waals surface area (Å²) in [5.41, 5.74) is -0.817. The third kappa shape index (κ3) is 4.16. The van der Waals surface area contributed by atoms with Crippen LogP contribution >= 0.6 is 0 Å². The van der Waals surface area contributed by atoms with Crippen LogP contribution < -0.4 is 10.6 Å². The molecule has 0 aliphatic rings. The smallest absolute Gasteiger partial charge is 0.343 e. The monoisotopic (exact) mass is 343 g/mol. The number of carbonyl (C=O) groups is 3. The van der Waals surface area contributed by atoms with Crippen molar-refractivity contribution < 1.29 is 24.4 Å². The number of carboxylic acids is 1. The summed E-state index contributed by atoms with van der Waals surface area (Å²) in [6.07, 6.45) is 0. The second-order valence-electron chi connectivity index (χ2n) is 4.97. The zero-order chi connectivity index (χ0) is 18.6. The molecule has 2 aromatic carbocycles. The average molecular weight is 343 g/mol. The van der Waals surface area contributed by atoms with Gasteiger partial charge in [0.25, 0.3) is 11.6 Å². The van der Waals surface area contributed by atoms with Crippen LogP contribution in [0.2, 0.25) is 0 Å². The van der Waals surface area contributed by atoms with Gasteiger partial charge in [0, 0.05) is 24.4 Å². The molecule has 9 nitrogen and oxygen atoms in total. The van der Waals surface area contributed by atoms with Gasteiger partial charge in [-0.05, 0) is 30.3 Å². The summed E-state index contributed by atoms with van der Waals surface area (Å²) in [6, 6.07) is 9.53. The van der Waals surface area contributed by atoms with Gasteiger partial charge >= 0.3 is 5.97 Å². The highest BCUT2D eigenvalue weighted by Gasteiger charge is 2.26. The zero-order valence-electron chi connectivity index (χ0n) is 13.0. The third-order valence-electron chi connectivity index (χ3n) is 3.16. The van der Waals surface area contributed by atoms with E-state index in [0.29, 0.717) is 11.4 Å². The standard InChI is InChI=1S/C16H13N3O6/c1-9(20)17-10-5-7-11(8-6-10)18-15(21)12-3-2-4-13(19(24)25)14(12)16(22)23/h2-8H,1H3,(H,17,20)(H,18,21)(H,22,23). The van der Waals surface area contributed by atoms with Crippen molar-refractivity contribution in [3.63, 3.8) is 0 Å². The van der Waals surface area contributed by atoms with Crippen LogP contribution in [0.15, 0.2) is 42.5 Å². The molecule has 0 unspecified atom stereocenters. The summed E-state index contributed by atoms with van der Waals surface area (Å²) >= 11 is 0. The van der Waals surface area contributed by atoms with Crippen LogP contribution in [0.4, 0.5) is 17.1 Å². The number of carboxylic acid groups (broad SMARTS) is 1. The summed E-state index contributed by atoms with van der Waals surface area (Å²) in [6.45, 7) is 1.35. The molecule has 2 rings (SSSR count). The van der Waals surface area contributed by atoms with Crippen LogP contribution in [0.25, 0.3) is 0 Å². The maximum absolute atomic E-state index is 12.3. The Labute approximate surface area is 141 Å². The fraction of sp³-hybridized carbons (Fsp3) is 0.0625. The summed E-state index contributed by atoms with van der Waals surface area (Å²) in [4.78, 5) is 44.7. The molecule has 2 aromatic rings. The number of carbonyl (C=O) groups excluding carboxylic acids is 2. The molecule has 0 aliphatic carbocycles. The molecule has 0 bridgehead atoms. The first-order chi connectivity index (χ1) is 11.8. The molecule has 0 radical (unpaired) electrons. The minimum absolute atomic E-state index is 0.250. The van der Waals surface area contributed by atoms with E-state index in [-0.39, 0.29) is 11.5 Å². The summed E-state index contributed by atoms with van der Waals surface area (Å²) < 4.78 is 0. The Morgan fingerprint density at radius 2 is 1.56 bits per heavy atom. The minimum Gasteiger partial charge on any atom is -0.477 e. The van der Waals surface area contributed by atoms with Crippen LogP contribution in [0.5, 0.6) is 0 Å². The quantitative estimate of drug-likeness (QED) is 0.563. The lowest BCUT2D eigenvalue weighted by atomic mass is 10.0. The fourth-order valence-electron chi connectivity index (χ4n) is 2.14. The number of benzene rings is 2. The molecule has 0 aromatic heterocycles. The largest absolute Gasteiger partial charge is 0.477 e. The van der Waals surface area contributed by atoms with Crippen molar-refractivity contribution in [1.82, 2.24) is 0 Å². The van der Waals surface area contributed by atoms with Crippen molar-refractivity contribution in [2.45, 2.75) is 6.92 Å². The van der Waals surface area contributed by atoms with Crippen LogP contribution in [-0.2, 0) is 4.79 Å². The highest BCUT2D eigenvalue weighted by atomic mass is 16.6. The number of amides is 2. The van der Waals surface area contributed by atoms with Crippen LogP contribution in [0.3, 0.4) is 0 Å². The third-order valence-corrected chi connectivity index (χ3v) is 3.16. The Bertz CT molecular complexity index is 861. The molecule has 0 aliphatic heterocycles. The van der Waals surface area contributed by atoms with Gasteiger partial charge in [0.05, 0.1) is 10.5 Å². The molecular weight excluding hydrogens is 330 g/mol. The number of hydrogen-bond donors (Lipinski definition) is 3. The van der Waals surface area contributed by atoms with Gasteiger partial charge in [0.1, 0.15) is 5.56 Å². The lowest BCUT2D eigenvalue weighted by Gasteiger charge is -2.09. The second kappa shape index (κ2) is 7.21. The minimum atomic E-state index is -1.57. The Hall–Kier alpha value is -3.75. The van der Waals surface area contributed by atoms with Gasteiger partial charge < -0.3 is 15.7 Å². The molecule has 2 amide bonds. The highest BCUT2D eigenvalue weighted by molar-refractivity contribution is 6.12. The van der Waals surface area contributed by atoms with Gasteiger partial charge in [-0.1, -0.05) is 6.07 Å². The second-order valence-corrected chi connectivity index (χ2v) is 4.97. The van der Waals surface area contributed by atoms with Gasteiger partial charge in [0.2, 0.25) is 5.91 Å². The van der Waals surface area contributed by atoms with E-state index in [1.807, 2.05) is 0 Å². The van der Waals surface area contributed by atoms with E-state index in [1.165, 1.54) is 31.2 Å². The molecule has 25 heavy (non-hydrogen) atoms. The van der Waals surface area contributed by atoms with Gasteiger partial charge in [-0.25, -0.2) is 4.79 Å². The number of nitro groups is 1. The van der Waals surface area contributed by atoms with Gasteiger partial charge in [-0.3, -0.25) is 19.7 Å². The average Bonchev–Trinajstić information content (AvgIpc) is 2.55. The SMILES string of the molecule is CC(=O)Nc1ccc(NC(=O)c2cccc([N+](=O)[O-])c2C(=O)O)cc1. The first-order valence-electron chi connectivity index (χ1n) is 6.99. The lowest BCUT2D eigenvalue weighted by Crippen LogP contribution is -2.17. The van der Waals surface area contributed by atoms with E-state index in [4.69, 9.17) is 0 Å². The van der Waals surface area contributed by atoms with Crippen molar-refractivity contribution in [3.05, 3.63) is 63.7 Å². The highest BCUT2D eigenvalue weighted by Crippen LogP contribution is 2.23. The van der Waals surface area contributed by atoms with Crippen LogP contribution in [0, 0.1) is 10.1 Å². The summed E-state index contributed by atoms with van der Waals surface area (Å²) in [7, 11) is 0. The Morgan fingerprint density at radius 1 is 1.00 bits per heavy atom. The Morgan fingerprint density at radius 3 is 2.04 bits per heavy atom. The number of nitrogens with one attached hydrogen (secondary N) is 2. The van der Waals surface area contributed by atoms with Crippen molar-refractivity contribution in [1.29, 1.82) is 0 Å². The zero-order valence-corrected chi connectivity index (χ0v) is 13.0. The van der Waals surface area contributed by atoms with Crippen LogP contribution in [-0.4, -0.2) is 27.8 Å². The van der Waals surface area contributed by atoms with E-state index in [0.717, 1.165) is 6.07 Å². The molecule has 0 saturated heterocycles. The van der Waals surface area contributed by atoms with E-state index in [2.05, 4.69) is 10.6 Å². The van der Waals surface area contributed by atoms with Crippen molar-refractivity contribution in [2.75, 3.05) is 10.6 Å². The predicted molar refractivity (Wildman–Crippen MR) is 88.8 cm³/mol. The first-order valence-corrected chi connectivity index (χ1v) is 6.99. The molecule has 9 heteroatoms. The van der Waals surface area contributed by atoms with Gasteiger partial charge in [-0.15, -0.1) is 0 Å². The molecule has 0 fully saturated rings. The predicted octanol–water partition coefficient (Wildman–Crippen LogP) is 2.50. The first kappa shape index (κ1) is 17.6. The van der Waals surface area contributed by atoms with Gasteiger partial charge in [0.15, 0.2) is 0 Å². The molecule has 0 saturated carbocycles. The molecule has 0 atom stereocenters. The normalized spacial score (nSPS) is 9.96. The van der Waals surface area contributed by atoms with E-state index >= 15 is 0 Å². The maximum atomic E-state index is 12.3. The molecule has 3 N–H and O–H groups in total. The van der Waals surface area contributed by atoms with Gasteiger partial charge in [-0.2, -0.15) is 0 Å². The van der Waals surface area contributed by atoms with E-state index in [1.54, 1.807) is 12.1 Å². The van der Waals surface area contributed by atoms with E-state index in [9.17, 15) is 29.6 Å². The molecular formula is C16H13N3O6. The topological polar surface area (TPSA) is 139 Å². The number of hydrogen-bond acceptors (Lipinski definition) is 5. The summed E-state index contributed by atoms with van der Waals surface area (Å²) in [5.74, 6) is -2.62. The van der Waals surface area contributed by atoms with Crippen LogP contribution in [0.1, 0.15) is 27.6 Å². The number of nitro benzene ring substituents is 1. The Kier molecular flexibility index (Phi) is 5.08. The maximum Gasteiger partial charge on any atom is 0.343 e. The molecule has 128 valence electrons. The molecule has 0 heterocycles. The van der Waals surface area contributed by atoms with E-state index < -0.39 is 28.1 Å². The Balaban J connectivity index is 2.29. The number of rotatable bonds is 5. The van der Waals surface area contributed by atoms with Crippen molar-refractivity contribution >= 4 is 34.8 Å². The number of aromatic carboxylic acids is 1.